The van der Waals surface area contributed by atoms with Gasteiger partial charge in [-0.3, -0.25) is 4.98 Å². The molecule has 2 rings (SSSR count). The summed E-state index contributed by atoms with van der Waals surface area (Å²) in [4.78, 5) is 27.1. The second kappa shape index (κ2) is 4.87. The Balaban J connectivity index is 2.70. The van der Waals surface area contributed by atoms with Gasteiger partial charge in [0.05, 0.1) is 18.4 Å². The number of aromatic nitrogens is 2. The third-order valence-corrected chi connectivity index (χ3v) is 2.62. The highest BCUT2D eigenvalue weighted by molar-refractivity contribution is 5.94. The van der Waals surface area contributed by atoms with Crippen LogP contribution in [0.3, 0.4) is 0 Å². The van der Waals surface area contributed by atoms with E-state index in [-0.39, 0.29) is 17.0 Å². The number of esters is 1. The van der Waals surface area contributed by atoms with Gasteiger partial charge >= 0.3 is 17.8 Å². The minimum Gasteiger partial charge on any atom is -0.464 e. The molecule has 0 unspecified atom stereocenters. The lowest BCUT2D eigenvalue weighted by atomic mass is 10.0. The zero-order valence-corrected chi connectivity index (χ0v) is 10.2. The monoisotopic (exact) mass is 286 g/mol. The average molecular weight is 286 g/mol. The average Bonchev–Trinajstić information content (AvgIpc) is 2.79. The molecule has 0 saturated carbocycles. The van der Waals surface area contributed by atoms with Gasteiger partial charge in [0.1, 0.15) is 0 Å². The van der Waals surface area contributed by atoms with Gasteiger partial charge in [0, 0.05) is 5.56 Å². The highest BCUT2D eigenvalue weighted by atomic mass is 19.4. The number of alkyl halides is 3. The van der Waals surface area contributed by atoms with E-state index in [2.05, 4.69) is 14.7 Å². The molecule has 8 heteroatoms. The van der Waals surface area contributed by atoms with Crippen molar-refractivity contribution in [2.45, 2.75) is 6.18 Å². The zero-order chi connectivity index (χ0) is 14.9. The molecule has 0 amide bonds. The van der Waals surface area contributed by atoms with Crippen LogP contribution in [0.4, 0.5) is 13.2 Å². The smallest absolute Gasteiger partial charge is 0.417 e. The first-order chi connectivity index (χ1) is 9.34. The van der Waals surface area contributed by atoms with Crippen molar-refractivity contribution < 1.29 is 22.7 Å². The molecule has 1 aromatic heterocycles. The van der Waals surface area contributed by atoms with Crippen LogP contribution in [0.25, 0.3) is 11.3 Å². The highest BCUT2D eigenvalue weighted by Gasteiger charge is 2.35. The van der Waals surface area contributed by atoms with Crippen molar-refractivity contribution in [1.29, 1.82) is 0 Å². The van der Waals surface area contributed by atoms with E-state index >= 15 is 0 Å². The maximum Gasteiger partial charge on any atom is 0.417 e. The predicted molar refractivity (Wildman–Crippen MR) is 63.2 cm³/mol. The molecule has 0 radical (unpaired) electrons. The Morgan fingerprint density at radius 1 is 1.20 bits per heavy atom. The molecule has 20 heavy (non-hydrogen) atoms. The summed E-state index contributed by atoms with van der Waals surface area (Å²) in [6.45, 7) is 0. The van der Waals surface area contributed by atoms with Gasteiger partial charge in [-0.1, -0.05) is 18.2 Å². The summed E-state index contributed by atoms with van der Waals surface area (Å²) in [6, 6.07) is 4.61. The van der Waals surface area contributed by atoms with Crippen LogP contribution in [0.15, 0.2) is 29.1 Å². The number of halogens is 3. The van der Waals surface area contributed by atoms with Crippen LogP contribution in [-0.2, 0) is 10.9 Å². The lowest BCUT2D eigenvalue weighted by Crippen LogP contribution is -2.09. The number of imidazole rings is 1. The molecule has 0 aliphatic rings. The van der Waals surface area contributed by atoms with Crippen LogP contribution < -0.4 is 5.69 Å². The molecule has 0 fully saturated rings. The van der Waals surface area contributed by atoms with E-state index in [0.717, 1.165) is 19.2 Å². The van der Waals surface area contributed by atoms with Gasteiger partial charge in [0.15, 0.2) is 5.69 Å². The Morgan fingerprint density at radius 3 is 2.45 bits per heavy atom. The third kappa shape index (κ3) is 2.44. The van der Waals surface area contributed by atoms with E-state index in [9.17, 15) is 22.8 Å². The minimum absolute atomic E-state index is 0.255. The number of nitrogens with one attached hydrogen (secondary N) is 2. The lowest BCUT2D eigenvalue weighted by molar-refractivity contribution is -0.137. The number of hydrogen-bond acceptors (Lipinski definition) is 3. The van der Waals surface area contributed by atoms with Crippen molar-refractivity contribution in [3.63, 3.8) is 0 Å². The number of carbonyl (C=O) groups is 1. The Labute approximate surface area is 110 Å². The van der Waals surface area contributed by atoms with E-state index in [1.807, 2.05) is 0 Å². The predicted octanol–water partition coefficient (Wildman–Crippen LogP) is 2.18. The quantitative estimate of drug-likeness (QED) is 0.831. The first-order valence-corrected chi connectivity index (χ1v) is 5.41. The maximum atomic E-state index is 12.9. The molecule has 106 valence electrons. The summed E-state index contributed by atoms with van der Waals surface area (Å²) in [5, 5.41) is 0. The molecule has 0 atom stereocenters. The van der Waals surface area contributed by atoms with Crippen molar-refractivity contribution in [3.05, 3.63) is 46.0 Å². The van der Waals surface area contributed by atoms with Crippen LogP contribution in [0, 0.1) is 0 Å². The lowest BCUT2D eigenvalue weighted by Gasteiger charge is -2.12. The largest absolute Gasteiger partial charge is 0.464 e. The number of rotatable bonds is 2. The number of hydrogen-bond donors (Lipinski definition) is 2. The Kier molecular flexibility index (Phi) is 3.39. The van der Waals surface area contributed by atoms with Crippen LogP contribution >= 0.6 is 0 Å². The van der Waals surface area contributed by atoms with Crippen LogP contribution in [0.1, 0.15) is 16.1 Å². The van der Waals surface area contributed by atoms with Crippen molar-refractivity contribution in [1.82, 2.24) is 9.97 Å². The van der Waals surface area contributed by atoms with Gasteiger partial charge in [-0.05, 0) is 6.07 Å². The minimum atomic E-state index is -4.61. The number of aromatic amines is 2. The van der Waals surface area contributed by atoms with E-state index in [1.54, 1.807) is 0 Å². The van der Waals surface area contributed by atoms with E-state index < -0.39 is 23.4 Å². The number of H-pyrrole nitrogens is 2. The molecule has 1 heterocycles. The van der Waals surface area contributed by atoms with Gasteiger partial charge in [-0.25, -0.2) is 9.59 Å². The van der Waals surface area contributed by atoms with E-state index in [1.165, 1.54) is 12.1 Å². The Bertz CT molecular complexity index is 700. The molecule has 2 aromatic rings. The molecular formula is C12H9F3N2O3. The molecule has 5 nitrogen and oxygen atoms in total. The van der Waals surface area contributed by atoms with Crippen LogP contribution in [0.5, 0.6) is 0 Å². The molecule has 2 N–H and O–H groups in total. The first kappa shape index (κ1) is 13.9. The van der Waals surface area contributed by atoms with Gasteiger partial charge in [0.2, 0.25) is 0 Å². The standard InChI is InChI=1S/C12H9F3N2O3/c1-20-10(18)9-8(16-11(19)17-9)6-4-2-3-5-7(6)12(13,14)15/h2-5H,1H3,(H2,16,17,19). The normalized spacial score (nSPS) is 11.4. The first-order valence-electron chi connectivity index (χ1n) is 5.41. The topological polar surface area (TPSA) is 75.0 Å². The number of benzene rings is 1. The van der Waals surface area contributed by atoms with E-state index in [4.69, 9.17) is 0 Å². The molecule has 0 bridgehead atoms. The van der Waals surface area contributed by atoms with Crippen molar-refractivity contribution in [3.8, 4) is 11.3 Å². The molecule has 0 saturated heterocycles. The summed E-state index contributed by atoms with van der Waals surface area (Å²) in [7, 11) is 1.06. The van der Waals surface area contributed by atoms with E-state index in [0.29, 0.717) is 0 Å². The number of methoxy groups -OCH3 is 1. The molecular weight excluding hydrogens is 277 g/mol. The van der Waals surface area contributed by atoms with Crippen molar-refractivity contribution >= 4 is 5.97 Å². The molecule has 0 spiro atoms. The fourth-order valence-corrected chi connectivity index (χ4v) is 1.79. The molecule has 0 aliphatic heterocycles. The van der Waals surface area contributed by atoms with Crippen LogP contribution in [-0.4, -0.2) is 23.0 Å². The third-order valence-electron chi connectivity index (χ3n) is 2.62. The maximum absolute atomic E-state index is 12.9. The van der Waals surface area contributed by atoms with Gasteiger partial charge in [-0.2, -0.15) is 13.2 Å². The van der Waals surface area contributed by atoms with Crippen LogP contribution in [0.2, 0.25) is 0 Å². The Hall–Kier alpha value is -2.51. The fraction of sp³-hybridized carbons (Fsp3) is 0.167. The van der Waals surface area contributed by atoms with Gasteiger partial charge in [0.25, 0.3) is 0 Å². The second-order valence-electron chi connectivity index (χ2n) is 3.86. The van der Waals surface area contributed by atoms with Crippen molar-refractivity contribution in [2.24, 2.45) is 0 Å². The Morgan fingerprint density at radius 2 is 1.85 bits per heavy atom. The summed E-state index contributed by atoms with van der Waals surface area (Å²) in [6.07, 6.45) is -4.61. The summed E-state index contributed by atoms with van der Waals surface area (Å²) in [5.74, 6) is -0.935. The highest BCUT2D eigenvalue weighted by Crippen LogP contribution is 2.36. The SMILES string of the molecule is COC(=O)c1[nH]c(=O)[nH]c1-c1ccccc1C(F)(F)F. The van der Waals surface area contributed by atoms with Crippen molar-refractivity contribution in [2.75, 3.05) is 7.11 Å². The number of ether oxygens (including phenoxy) is 1. The van der Waals surface area contributed by atoms with Gasteiger partial charge < -0.3 is 9.72 Å². The fourth-order valence-electron chi connectivity index (χ4n) is 1.79. The summed E-state index contributed by atoms with van der Waals surface area (Å²) < 4.78 is 43.2. The molecule has 1 aromatic carbocycles. The second-order valence-corrected chi connectivity index (χ2v) is 3.86. The molecule has 0 aliphatic carbocycles. The summed E-state index contributed by atoms with van der Waals surface area (Å²) in [5.41, 5.74) is -2.67. The summed E-state index contributed by atoms with van der Waals surface area (Å²) >= 11 is 0. The van der Waals surface area contributed by atoms with Gasteiger partial charge in [-0.15, -0.1) is 0 Å². The zero-order valence-electron chi connectivity index (χ0n) is 10.2. The number of carbonyl (C=O) groups excluding carboxylic acids is 1.